The molecule has 3 rings (SSSR count). The molecule has 5 nitrogen and oxygen atoms in total. The minimum Gasteiger partial charge on any atom is -0.312 e. The van der Waals surface area contributed by atoms with Gasteiger partial charge in [0, 0.05) is 30.0 Å². The highest BCUT2D eigenvalue weighted by atomic mass is 16.2. The van der Waals surface area contributed by atoms with Crippen LogP contribution in [0, 0.1) is 19.8 Å². The highest BCUT2D eigenvalue weighted by Gasteiger charge is 2.24. The number of hydrogen-bond acceptors (Lipinski definition) is 2. The van der Waals surface area contributed by atoms with Crippen molar-refractivity contribution in [2.24, 2.45) is 5.92 Å². The van der Waals surface area contributed by atoms with Crippen LogP contribution in [0.15, 0.2) is 36.4 Å². The maximum absolute atomic E-state index is 12.4. The summed E-state index contributed by atoms with van der Waals surface area (Å²) in [7, 11) is 0. The highest BCUT2D eigenvalue weighted by molar-refractivity contribution is 6.01. The normalized spacial score (nSPS) is 13.5. The smallest absolute Gasteiger partial charge is 0.312 e. The van der Waals surface area contributed by atoms with Crippen molar-refractivity contribution < 1.29 is 9.59 Å². The van der Waals surface area contributed by atoms with Crippen molar-refractivity contribution in [2.45, 2.75) is 47.0 Å². The van der Waals surface area contributed by atoms with Crippen LogP contribution in [0.5, 0.6) is 0 Å². The van der Waals surface area contributed by atoms with Gasteiger partial charge < -0.3 is 15.5 Å². The molecule has 1 heterocycles. The number of urea groups is 1. The maximum Gasteiger partial charge on any atom is 0.323 e. The van der Waals surface area contributed by atoms with Crippen LogP contribution in [-0.2, 0) is 11.2 Å². The Morgan fingerprint density at radius 1 is 1.00 bits per heavy atom. The van der Waals surface area contributed by atoms with Gasteiger partial charge in [0.15, 0.2) is 0 Å². The monoisotopic (exact) mass is 379 g/mol. The van der Waals surface area contributed by atoms with Gasteiger partial charge in [-0.2, -0.15) is 0 Å². The maximum atomic E-state index is 12.4. The van der Waals surface area contributed by atoms with Crippen molar-refractivity contribution in [1.29, 1.82) is 0 Å². The van der Waals surface area contributed by atoms with Crippen LogP contribution >= 0.6 is 0 Å². The van der Waals surface area contributed by atoms with Gasteiger partial charge in [-0.1, -0.05) is 19.9 Å². The molecule has 0 aliphatic carbocycles. The number of carbonyl (C=O) groups is 2. The summed E-state index contributed by atoms with van der Waals surface area (Å²) in [5.74, 6) is 0.731. The predicted molar refractivity (Wildman–Crippen MR) is 115 cm³/mol. The molecule has 2 aromatic rings. The molecular formula is C23H29N3O2. The molecule has 1 aliphatic rings. The lowest BCUT2D eigenvalue weighted by molar-refractivity contribution is -0.118. The third-order valence-electron chi connectivity index (χ3n) is 5.23. The van der Waals surface area contributed by atoms with Gasteiger partial charge in [0.2, 0.25) is 5.91 Å². The Morgan fingerprint density at radius 3 is 2.36 bits per heavy atom. The summed E-state index contributed by atoms with van der Waals surface area (Å²) in [5.41, 5.74) is 5.90. The lowest BCUT2D eigenvalue weighted by Gasteiger charge is -2.30. The molecule has 2 N–H and O–H groups in total. The number of hydrogen-bond donors (Lipinski definition) is 2. The Labute approximate surface area is 167 Å². The van der Waals surface area contributed by atoms with E-state index in [9.17, 15) is 9.59 Å². The lowest BCUT2D eigenvalue weighted by Crippen LogP contribution is -2.36. The van der Waals surface area contributed by atoms with Crippen LogP contribution in [-0.4, -0.2) is 18.5 Å². The standard InChI is InChI=1S/C23H29N3O2/c1-15(2)11-12-26-21-9-8-20(14-18(21)6-10-22(26)27)25-23(28)24-19-7-5-16(3)17(4)13-19/h5,7-9,13-15H,6,10-12H2,1-4H3,(H2,24,25,28). The molecule has 0 radical (unpaired) electrons. The van der Waals surface area contributed by atoms with Gasteiger partial charge in [-0.15, -0.1) is 0 Å². The van der Waals surface area contributed by atoms with E-state index in [0.717, 1.165) is 41.2 Å². The zero-order valence-electron chi connectivity index (χ0n) is 17.1. The Kier molecular flexibility index (Phi) is 6.02. The van der Waals surface area contributed by atoms with E-state index in [1.54, 1.807) is 0 Å². The largest absolute Gasteiger partial charge is 0.323 e. The van der Waals surface area contributed by atoms with Crippen molar-refractivity contribution in [3.8, 4) is 0 Å². The summed E-state index contributed by atoms with van der Waals surface area (Å²) in [6, 6.07) is 11.4. The van der Waals surface area contributed by atoms with Gasteiger partial charge in [-0.25, -0.2) is 4.79 Å². The number of anilines is 3. The van der Waals surface area contributed by atoms with Crippen LogP contribution in [0.2, 0.25) is 0 Å². The quantitative estimate of drug-likeness (QED) is 0.743. The van der Waals surface area contributed by atoms with E-state index in [4.69, 9.17) is 0 Å². The zero-order valence-corrected chi connectivity index (χ0v) is 17.1. The zero-order chi connectivity index (χ0) is 20.3. The minimum absolute atomic E-state index is 0.182. The van der Waals surface area contributed by atoms with Gasteiger partial charge >= 0.3 is 6.03 Å². The van der Waals surface area contributed by atoms with Gasteiger partial charge in [-0.3, -0.25) is 4.79 Å². The average Bonchev–Trinajstić information content (AvgIpc) is 2.64. The summed E-state index contributed by atoms with van der Waals surface area (Å²) >= 11 is 0. The third-order valence-corrected chi connectivity index (χ3v) is 5.23. The van der Waals surface area contributed by atoms with Crippen molar-refractivity contribution in [3.05, 3.63) is 53.1 Å². The van der Waals surface area contributed by atoms with E-state index in [1.807, 2.05) is 55.1 Å². The van der Waals surface area contributed by atoms with E-state index in [-0.39, 0.29) is 11.9 Å². The minimum atomic E-state index is -0.272. The second-order valence-electron chi connectivity index (χ2n) is 7.95. The van der Waals surface area contributed by atoms with Crippen molar-refractivity contribution >= 4 is 29.0 Å². The molecule has 0 atom stereocenters. The molecule has 2 aromatic carbocycles. The second-order valence-corrected chi connectivity index (χ2v) is 7.95. The molecule has 0 unspecified atom stereocenters. The van der Waals surface area contributed by atoms with Crippen molar-refractivity contribution in [1.82, 2.24) is 0 Å². The second kappa shape index (κ2) is 8.46. The number of carbonyl (C=O) groups excluding carboxylic acids is 2. The van der Waals surface area contributed by atoms with Crippen molar-refractivity contribution in [2.75, 3.05) is 22.1 Å². The summed E-state index contributed by atoms with van der Waals surface area (Å²) in [6.45, 7) is 9.13. The topological polar surface area (TPSA) is 61.4 Å². The summed E-state index contributed by atoms with van der Waals surface area (Å²) in [5, 5.41) is 5.77. The molecule has 0 bridgehead atoms. The van der Waals surface area contributed by atoms with Crippen LogP contribution in [0.1, 0.15) is 43.4 Å². The number of fused-ring (bicyclic) bond motifs is 1. The fraction of sp³-hybridized carbons (Fsp3) is 0.391. The molecule has 0 fully saturated rings. The SMILES string of the molecule is Cc1ccc(NC(=O)Nc2ccc3c(c2)CCC(=O)N3CCC(C)C)cc1C. The first-order valence-electron chi connectivity index (χ1n) is 9.92. The van der Waals surface area contributed by atoms with Gasteiger partial charge in [-0.05, 0) is 79.6 Å². The Bertz CT molecular complexity index is 889. The van der Waals surface area contributed by atoms with Gasteiger partial charge in [0.25, 0.3) is 0 Å². The number of aryl methyl sites for hydroxylation is 3. The first-order chi connectivity index (χ1) is 13.3. The number of rotatable bonds is 5. The molecule has 148 valence electrons. The molecule has 0 aromatic heterocycles. The predicted octanol–water partition coefficient (Wildman–Crippen LogP) is 5.27. The van der Waals surface area contributed by atoms with Gasteiger partial charge in [0.05, 0.1) is 0 Å². The van der Waals surface area contributed by atoms with Crippen LogP contribution in [0.4, 0.5) is 21.9 Å². The molecule has 5 heteroatoms. The Hall–Kier alpha value is -2.82. The lowest BCUT2D eigenvalue weighted by atomic mass is 9.99. The molecular weight excluding hydrogens is 350 g/mol. The van der Waals surface area contributed by atoms with Crippen LogP contribution < -0.4 is 15.5 Å². The number of benzene rings is 2. The van der Waals surface area contributed by atoms with Crippen molar-refractivity contribution in [3.63, 3.8) is 0 Å². The fourth-order valence-corrected chi connectivity index (χ4v) is 3.38. The first-order valence-corrected chi connectivity index (χ1v) is 9.92. The molecule has 1 aliphatic heterocycles. The first kappa shape index (κ1) is 19.9. The molecule has 0 saturated heterocycles. The summed E-state index contributed by atoms with van der Waals surface area (Å²) < 4.78 is 0. The number of amides is 3. The summed E-state index contributed by atoms with van der Waals surface area (Å²) in [6.07, 6.45) is 2.20. The number of nitrogens with zero attached hydrogens (tertiary/aromatic N) is 1. The van der Waals surface area contributed by atoms with E-state index < -0.39 is 0 Å². The fourth-order valence-electron chi connectivity index (χ4n) is 3.38. The number of nitrogens with one attached hydrogen (secondary N) is 2. The molecule has 0 saturated carbocycles. The highest BCUT2D eigenvalue weighted by Crippen LogP contribution is 2.31. The molecule has 0 spiro atoms. The Balaban J connectivity index is 1.69. The average molecular weight is 380 g/mol. The van der Waals surface area contributed by atoms with Crippen LogP contribution in [0.3, 0.4) is 0 Å². The molecule has 28 heavy (non-hydrogen) atoms. The van der Waals surface area contributed by atoms with E-state index >= 15 is 0 Å². The van der Waals surface area contributed by atoms with Gasteiger partial charge in [0.1, 0.15) is 0 Å². The van der Waals surface area contributed by atoms with Crippen LogP contribution in [0.25, 0.3) is 0 Å². The van der Waals surface area contributed by atoms with E-state index in [1.165, 1.54) is 5.56 Å². The third kappa shape index (κ3) is 4.71. The molecule has 3 amide bonds. The Morgan fingerprint density at radius 2 is 1.68 bits per heavy atom. The van der Waals surface area contributed by atoms with E-state index in [0.29, 0.717) is 18.8 Å². The summed E-state index contributed by atoms with van der Waals surface area (Å²) in [4.78, 5) is 26.6. The van der Waals surface area contributed by atoms with E-state index in [2.05, 4.69) is 24.5 Å².